The van der Waals surface area contributed by atoms with Gasteiger partial charge in [0.2, 0.25) is 5.91 Å². The van der Waals surface area contributed by atoms with Gasteiger partial charge in [-0.1, -0.05) is 0 Å². The fourth-order valence-corrected chi connectivity index (χ4v) is 5.32. The van der Waals surface area contributed by atoms with Gasteiger partial charge in [0.05, 0.1) is 17.6 Å². The third-order valence-corrected chi connectivity index (χ3v) is 7.62. The molecule has 4 rings (SSSR count). The van der Waals surface area contributed by atoms with E-state index in [1.165, 1.54) is 6.20 Å². The summed E-state index contributed by atoms with van der Waals surface area (Å²) in [7, 11) is 0. The van der Waals surface area contributed by atoms with Crippen LogP contribution in [-0.4, -0.2) is 77.5 Å². The zero-order chi connectivity index (χ0) is 25.8. The average molecular weight is 514 g/mol. The van der Waals surface area contributed by atoms with Crippen molar-refractivity contribution in [3.8, 4) is 5.75 Å². The summed E-state index contributed by atoms with van der Waals surface area (Å²) >= 11 is 0. The third kappa shape index (κ3) is 6.47. The Morgan fingerprint density at radius 1 is 1.19 bits per heavy atom. The molecular formula is C25H34F3N3O5. The number of nitrogens with one attached hydrogen (secondary N) is 1. The van der Waals surface area contributed by atoms with E-state index in [1.807, 2.05) is 0 Å². The third-order valence-electron chi connectivity index (χ3n) is 7.62. The van der Waals surface area contributed by atoms with Gasteiger partial charge in [0, 0.05) is 51.3 Å². The second-order valence-corrected chi connectivity index (χ2v) is 10.1. The fraction of sp³-hybridized carbons (Fsp3) is 0.720. The largest absolute Gasteiger partial charge is 0.489 e. The first kappa shape index (κ1) is 26.7. The number of likely N-dealkylation sites (tertiary alicyclic amines) is 1. The van der Waals surface area contributed by atoms with Crippen molar-refractivity contribution in [3.63, 3.8) is 0 Å². The van der Waals surface area contributed by atoms with Gasteiger partial charge in [0.25, 0.3) is 5.91 Å². The molecule has 1 aliphatic carbocycles. The summed E-state index contributed by atoms with van der Waals surface area (Å²) in [5.74, 6) is -2.00. The van der Waals surface area contributed by atoms with E-state index < -0.39 is 23.6 Å². The van der Waals surface area contributed by atoms with Crippen molar-refractivity contribution >= 4 is 11.8 Å². The molecule has 1 saturated carbocycles. The second-order valence-electron chi connectivity index (χ2n) is 10.1. The SMILES string of the molecule is O=C(NCC1(O)CCOCC1)c1ncccc1OC[C@H]1CCCN1C(=O)[C@H]1CC[C@H](C(F)(F)F)CC1. The van der Waals surface area contributed by atoms with E-state index >= 15 is 0 Å². The Hall–Kier alpha value is -2.40. The van der Waals surface area contributed by atoms with E-state index in [0.717, 1.165) is 12.8 Å². The minimum absolute atomic E-state index is 0.00871. The Kier molecular flexibility index (Phi) is 8.39. The molecule has 0 spiro atoms. The molecule has 2 saturated heterocycles. The van der Waals surface area contributed by atoms with Crippen LogP contribution in [0.2, 0.25) is 0 Å². The lowest BCUT2D eigenvalue weighted by molar-refractivity contribution is -0.185. The van der Waals surface area contributed by atoms with Crippen molar-refractivity contribution < 1.29 is 37.3 Å². The van der Waals surface area contributed by atoms with Crippen LogP contribution < -0.4 is 10.1 Å². The summed E-state index contributed by atoms with van der Waals surface area (Å²) in [5, 5.41) is 13.3. The number of nitrogens with zero attached hydrogens (tertiary/aromatic N) is 2. The zero-order valence-electron chi connectivity index (χ0n) is 20.3. The lowest BCUT2D eigenvalue weighted by atomic mass is 9.81. The van der Waals surface area contributed by atoms with E-state index in [2.05, 4.69) is 10.3 Å². The lowest BCUT2D eigenvalue weighted by Crippen LogP contribution is -2.46. The number of ether oxygens (including phenoxy) is 2. The Bertz CT molecular complexity index is 914. The summed E-state index contributed by atoms with van der Waals surface area (Å²) in [6, 6.07) is 3.07. The first-order valence-electron chi connectivity index (χ1n) is 12.7. The Balaban J connectivity index is 1.32. The highest BCUT2D eigenvalue weighted by Crippen LogP contribution is 2.40. The van der Waals surface area contributed by atoms with Gasteiger partial charge in [-0.25, -0.2) is 4.98 Å². The van der Waals surface area contributed by atoms with Crippen LogP contribution in [0.5, 0.6) is 5.75 Å². The molecule has 3 fully saturated rings. The van der Waals surface area contributed by atoms with Crippen molar-refractivity contribution in [2.75, 3.05) is 32.9 Å². The highest BCUT2D eigenvalue weighted by Gasteiger charge is 2.44. The molecule has 200 valence electrons. The van der Waals surface area contributed by atoms with Gasteiger partial charge >= 0.3 is 6.18 Å². The van der Waals surface area contributed by atoms with Gasteiger partial charge in [-0.2, -0.15) is 13.2 Å². The average Bonchev–Trinajstić information content (AvgIpc) is 3.34. The van der Waals surface area contributed by atoms with Crippen LogP contribution >= 0.6 is 0 Å². The normalized spacial score (nSPS) is 26.4. The Labute approximate surface area is 208 Å². The van der Waals surface area contributed by atoms with Crippen LogP contribution in [0.15, 0.2) is 18.3 Å². The molecule has 0 unspecified atom stereocenters. The van der Waals surface area contributed by atoms with Crippen molar-refractivity contribution in [1.29, 1.82) is 0 Å². The number of hydrogen-bond donors (Lipinski definition) is 2. The molecule has 0 bridgehead atoms. The molecule has 0 radical (unpaired) electrons. The topological polar surface area (TPSA) is 101 Å². The highest BCUT2D eigenvalue weighted by molar-refractivity contribution is 5.94. The van der Waals surface area contributed by atoms with Crippen LogP contribution in [0.4, 0.5) is 13.2 Å². The maximum Gasteiger partial charge on any atom is 0.391 e. The van der Waals surface area contributed by atoms with E-state index in [1.54, 1.807) is 17.0 Å². The number of hydrogen-bond acceptors (Lipinski definition) is 6. The van der Waals surface area contributed by atoms with Crippen molar-refractivity contribution in [2.45, 2.75) is 69.2 Å². The van der Waals surface area contributed by atoms with Gasteiger partial charge in [0.1, 0.15) is 6.61 Å². The molecule has 2 aliphatic heterocycles. The fourth-order valence-electron chi connectivity index (χ4n) is 5.32. The lowest BCUT2D eigenvalue weighted by Gasteiger charge is -2.33. The standard InChI is InChI=1S/C25H34F3N3O5/c26-25(27,28)18-7-5-17(6-8-18)23(33)31-12-2-3-19(31)15-36-20-4-1-11-29-21(20)22(32)30-16-24(34)9-13-35-14-10-24/h1,4,11,17-19,34H,2-3,5-10,12-16H2,(H,30,32)/t17-,18-,19-/m1/s1. The van der Waals surface area contributed by atoms with Gasteiger partial charge in [-0.15, -0.1) is 0 Å². The molecule has 3 aliphatic rings. The molecule has 2 amide bonds. The zero-order valence-corrected chi connectivity index (χ0v) is 20.3. The molecule has 11 heteroatoms. The summed E-state index contributed by atoms with van der Waals surface area (Å²) in [4.78, 5) is 31.8. The van der Waals surface area contributed by atoms with Gasteiger partial charge in [-0.05, 0) is 50.7 Å². The van der Waals surface area contributed by atoms with Crippen molar-refractivity contribution in [1.82, 2.24) is 15.2 Å². The number of amides is 2. The van der Waals surface area contributed by atoms with Gasteiger partial charge < -0.3 is 24.8 Å². The number of aromatic nitrogens is 1. The second kappa shape index (κ2) is 11.3. The van der Waals surface area contributed by atoms with E-state index in [4.69, 9.17) is 9.47 Å². The summed E-state index contributed by atoms with van der Waals surface area (Å²) < 4.78 is 50.1. The van der Waals surface area contributed by atoms with Crippen LogP contribution in [0.3, 0.4) is 0 Å². The van der Waals surface area contributed by atoms with E-state index in [9.17, 15) is 27.9 Å². The monoisotopic (exact) mass is 513 g/mol. The number of rotatable bonds is 7. The first-order valence-corrected chi connectivity index (χ1v) is 12.7. The van der Waals surface area contributed by atoms with Crippen LogP contribution in [-0.2, 0) is 9.53 Å². The van der Waals surface area contributed by atoms with Crippen LogP contribution in [0.1, 0.15) is 61.9 Å². The van der Waals surface area contributed by atoms with E-state index in [-0.39, 0.29) is 68.1 Å². The molecule has 0 aromatic carbocycles. The van der Waals surface area contributed by atoms with Crippen molar-refractivity contribution in [2.24, 2.45) is 11.8 Å². The Morgan fingerprint density at radius 2 is 1.92 bits per heavy atom. The van der Waals surface area contributed by atoms with Gasteiger partial charge in [0.15, 0.2) is 11.4 Å². The summed E-state index contributed by atoms with van der Waals surface area (Å²) in [6.45, 7) is 1.66. The number of carbonyl (C=O) groups is 2. The molecule has 3 heterocycles. The number of carbonyl (C=O) groups excluding carboxylic acids is 2. The molecule has 1 aromatic rings. The predicted molar refractivity (Wildman–Crippen MR) is 123 cm³/mol. The van der Waals surface area contributed by atoms with Crippen molar-refractivity contribution in [3.05, 3.63) is 24.0 Å². The van der Waals surface area contributed by atoms with Gasteiger partial charge in [-0.3, -0.25) is 9.59 Å². The highest BCUT2D eigenvalue weighted by atomic mass is 19.4. The number of alkyl halides is 3. The Morgan fingerprint density at radius 3 is 2.61 bits per heavy atom. The number of halogens is 3. The number of pyridine rings is 1. The summed E-state index contributed by atoms with van der Waals surface area (Å²) in [5.41, 5.74) is -0.928. The first-order chi connectivity index (χ1) is 17.2. The minimum atomic E-state index is -4.20. The van der Waals surface area contributed by atoms with Crippen LogP contribution in [0.25, 0.3) is 0 Å². The molecule has 36 heavy (non-hydrogen) atoms. The molecule has 1 aromatic heterocycles. The molecule has 2 N–H and O–H groups in total. The predicted octanol–water partition coefficient (Wildman–Crippen LogP) is 3.09. The molecule has 1 atom stereocenters. The molecular weight excluding hydrogens is 479 g/mol. The van der Waals surface area contributed by atoms with E-state index in [0.29, 0.717) is 32.6 Å². The van der Waals surface area contributed by atoms with Crippen LogP contribution in [0, 0.1) is 11.8 Å². The summed E-state index contributed by atoms with van der Waals surface area (Å²) in [6.07, 6.45) is 0.140. The quantitative estimate of drug-likeness (QED) is 0.581. The number of aliphatic hydroxyl groups is 1. The minimum Gasteiger partial charge on any atom is -0.489 e. The molecule has 8 nitrogen and oxygen atoms in total. The maximum absolute atomic E-state index is 13.1. The smallest absolute Gasteiger partial charge is 0.391 e. The maximum atomic E-state index is 13.1.